The number of ether oxygens (including phenoxy) is 1. The van der Waals surface area contributed by atoms with Gasteiger partial charge < -0.3 is 9.64 Å². The predicted molar refractivity (Wildman–Crippen MR) is 85.0 cm³/mol. The van der Waals surface area contributed by atoms with E-state index in [9.17, 15) is 4.79 Å². The molecular weight excluding hydrogens is 292 g/mol. The number of rotatable bonds is 3. The summed E-state index contributed by atoms with van der Waals surface area (Å²) in [6, 6.07) is 2.67. The third kappa shape index (κ3) is 2.97. The molecule has 4 rings (SSSR count). The Morgan fingerprint density at radius 2 is 1.96 bits per heavy atom. The zero-order chi connectivity index (χ0) is 15.6. The van der Waals surface area contributed by atoms with Crippen LogP contribution in [0.4, 0.5) is 0 Å². The standard InChI is InChI=1S/C17H24N4O2/c22-17(14-1-6-18-19-11-14)21-8-3-15-16(21)2-7-20(15)12-13-4-9-23-10-5-13/h1,6,11,13,15-16H,2-5,7-10,12H2/t15-,16+/m1/s1. The summed E-state index contributed by atoms with van der Waals surface area (Å²) in [6.45, 7) is 4.97. The SMILES string of the molecule is O=C(c1ccnnc1)N1CC[C@@H]2[C@@H]1CCN2CC1CCOCC1. The first kappa shape index (κ1) is 15.0. The molecule has 1 aromatic heterocycles. The molecule has 3 saturated heterocycles. The van der Waals surface area contributed by atoms with E-state index < -0.39 is 0 Å². The molecule has 0 aromatic carbocycles. The summed E-state index contributed by atoms with van der Waals surface area (Å²) in [5.41, 5.74) is 0.656. The van der Waals surface area contributed by atoms with Gasteiger partial charge in [0.1, 0.15) is 0 Å². The minimum Gasteiger partial charge on any atom is -0.381 e. The summed E-state index contributed by atoms with van der Waals surface area (Å²) < 4.78 is 5.47. The maximum Gasteiger partial charge on any atom is 0.255 e. The fourth-order valence-electron chi connectivity index (χ4n) is 4.40. The van der Waals surface area contributed by atoms with Crippen LogP contribution in [-0.2, 0) is 4.74 Å². The van der Waals surface area contributed by atoms with E-state index in [1.807, 2.05) is 0 Å². The monoisotopic (exact) mass is 316 g/mol. The predicted octanol–water partition coefficient (Wildman–Crippen LogP) is 1.19. The van der Waals surface area contributed by atoms with Crippen molar-refractivity contribution >= 4 is 5.91 Å². The van der Waals surface area contributed by atoms with Gasteiger partial charge in [0.25, 0.3) is 5.91 Å². The van der Waals surface area contributed by atoms with Crippen LogP contribution in [0.2, 0.25) is 0 Å². The van der Waals surface area contributed by atoms with E-state index in [0.717, 1.165) is 45.1 Å². The van der Waals surface area contributed by atoms with E-state index in [1.165, 1.54) is 19.4 Å². The van der Waals surface area contributed by atoms with Gasteiger partial charge in [-0.1, -0.05) is 0 Å². The normalized spacial score (nSPS) is 29.0. The number of fused-ring (bicyclic) bond motifs is 1. The Morgan fingerprint density at radius 3 is 2.74 bits per heavy atom. The fraction of sp³-hybridized carbons (Fsp3) is 0.706. The molecule has 3 aliphatic rings. The van der Waals surface area contributed by atoms with Crippen molar-refractivity contribution in [3.63, 3.8) is 0 Å². The summed E-state index contributed by atoms with van der Waals surface area (Å²) in [4.78, 5) is 17.4. The van der Waals surface area contributed by atoms with E-state index in [1.54, 1.807) is 18.5 Å². The molecule has 0 radical (unpaired) electrons. The highest BCUT2D eigenvalue weighted by molar-refractivity contribution is 5.94. The van der Waals surface area contributed by atoms with Crippen LogP contribution in [0.25, 0.3) is 0 Å². The van der Waals surface area contributed by atoms with Crippen LogP contribution in [0.15, 0.2) is 18.5 Å². The van der Waals surface area contributed by atoms with E-state index in [2.05, 4.69) is 20.0 Å². The molecule has 0 bridgehead atoms. The minimum absolute atomic E-state index is 0.111. The number of aromatic nitrogens is 2. The van der Waals surface area contributed by atoms with Gasteiger partial charge in [0.15, 0.2) is 0 Å². The van der Waals surface area contributed by atoms with Gasteiger partial charge in [-0.05, 0) is 37.7 Å². The number of amides is 1. The summed E-state index contributed by atoms with van der Waals surface area (Å²) in [6.07, 6.45) is 7.71. The van der Waals surface area contributed by atoms with Crippen LogP contribution >= 0.6 is 0 Å². The fourth-order valence-corrected chi connectivity index (χ4v) is 4.40. The number of nitrogens with zero attached hydrogens (tertiary/aromatic N) is 4. The molecule has 0 aliphatic carbocycles. The van der Waals surface area contributed by atoms with Crippen molar-refractivity contribution in [1.82, 2.24) is 20.0 Å². The lowest BCUT2D eigenvalue weighted by molar-refractivity contribution is 0.0502. The van der Waals surface area contributed by atoms with Gasteiger partial charge in [-0.15, -0.1) is 0 Å². The van der Waals surface area contributed by atoms with E-state index in [0.29, 0.717) is 17.6 Å². The van der Waals surface area contributed by atoms with Crippen molar-refractivity contribution in [2.75, 3.05) is 32.8 Å². The average Bonchev–Trinajstić information content (AvgIpc) is 3.19. The molecule has 1 aromatic rings. The Hall–Kier alpha value is -1.53. The number of likely N-dealkylation sites (tertiary alicyclic amines) is 2. The van der Waals surface area contributed by atoms with Crippen molar-refractivity contribution in [2.45, 2.75) is 37.8 Å². The van der Waals surface area contributed by atoms with Gasteiger partial charge in [-0.2, -0.15) is 10.2 Å². The van der Waals surface area contributed by atoms with Gasteiger partial charge >= 0.3 is 0 Å². The Kier molecular flexibility index (Phi) is 4.27. The molecule has 3 fully saturated rings. The molecule has 124 valence electrons. The van der Waals surface area contributed by atoms with Crippen molar-refractivity contribution < 1.29 is 9.53 Å². The minimum atomic E-state index is 0.111. The maximum absolute atomic E-state index is 12.7. The lowest BCUT2D eigenvalue weighted by Gasteiger charge is -2.30. The lowest BCUT2D eigenvalue weighted by Crippen LogP contribution is -2.41. The molecule has 6 nitrogen and oxygen atoms in total. The van der Waals surface area contributed by atoms with E-state index in [-0.39, 0.29) is 5.91 Å². The molecule has 4 heterocycles. The third-order valence-electron chi connectivity index (χ3n) is 5.62. The third-order valence-corrected chi connectivity index (χ3v) is 5.62. The first-order valence-corrected chi connectivity index (χ1v) is 8.72. The quantitative estimate of drug-likeness (QED) is 0.838. The topological polar surface area (TPSA) is 58.6 Å². The zero-order valence-electron chi connectivity index (χ0n) is 13.4. The summed E-state index contributed by atoms with van der Waals surface area (Å²) in [7, 11) is 0. The smallest absolute Gasteiger partial charge is 0.255 e. The second kappa shape index (κ2) is 6.53. The lowest BCUT2D eigenvalue weighted by atomic mass is 9.99. The summed E-state index contributed by atoms with van der Waals surface area (Å²) in [5.74, 6) is 0.872. The number of hydrogen-bond donors (Lipinski definition) is 0. The number of hydrogen-bond acceptors (Lipinski definition) is 5. The number of carbonyl (C=O) groups excluding carboxylic acids is 1. The van der Waals surface area contributed by atoms with Crippen molar-refractivity contribution in [3.05, 3.63) is 24.0 Å². The van der Waals surface area contributed by atoms with Crippen LogP contribution < -0.4 is 0 Å². The Morgan fingerprint density at radius 1 is 1.13 bits per heavy atom. The van der Waals surface area contributed by atoms with Gasteiger partial charge in [0.2, 0.25) is 0 Å². The first-order chi connectivity index (χ1) is 11.3. The van der Waals surface area contributed by atoms with Gasteiger partial charge in [-0.25, -0.2) is 0 Å². The molecule has 23 heavy (non-hydrogen) atoms. The van der Waals surface area contributed by atoms with Crippen LogP contribution in [0.5, 0.6) is 0 Å². The molecule has 1 amide bonds. The van der Waals surface area contributed by atoms with Crippen LogP contribution in [0, 0.1) is 5.92 Å². The highest BCUT2D eigenvalue weighted by Crippen LogP contribution is 2.33. The largest absolute Gasteiger partial charge is 0.381 e. The van der Waals surface area contributed by atoms with Crippen molar-refractivity contribution in [2.24, 2.45) is 5.92 Å². The second-order valence-corrected chi connectivity index (χ2v) is 6.89. The Labute approximate surface area is 136 Å². The summed E-state index contributed by atoms with van der Waals surface area (Å²) >= 11 is 0. The highest BCUT2D eigenvalue weighted by atomic mass is 16.5. The van der Waals surface area contributed by atoms with Crippen LogP contribution in [0.1, 0.15) is 36.0 Å². The van der Waals surface area contributed by atoms with Gasteiger partial charge in [0, 0.05) is 44.9 Å². The van der Waals surface area contributed by atoms with Crippen LogP contribution in [0.3, 0.4) is 0 Å². The zero-order valence-corrected chi connectivity index (χ0v) is 13.4. The Bertz CT molecular complexity index is 547. The Balaban J connectivity index is 1.40. The number of carbonyl (C=O) groups is 1. The van der Waals surface area contributed by atoms with E-state index in [4.69, 9.17) is 4.74 Å². The highest BCUT2D eigenvalue weighted by Gasteiger charge is 2.44. The maximum atomic E-state index is 12.7. The van der Waals surface area contributed by atoms with Gasteiger partial charge in [0.05, 0.1) is 18.0 Å². The average molecular weight is 316 g/mol. The molecule has 0 N–H and O–H groups in total. The molecule has 6 heteroatoms. The second-order valence-electron chi connectivity index (χ2n) is 6.89. The summed E-state index contributed by atoms with van der Waals surface area (Å²) in [5, 5.41) is 7.59. The molecule has 3 aliphatic heterocycles. The molecular formula is C17H24N4O2. The first-order valence-electron chi connectivity index (χ1n) is 8.72. The van der Waals surface area contributed by atoms with Crippen molar-refractivity contribution in [3.8, 4) is 0 Å². The van der Waals surface area contributed by atoms with Crippen LogP contribution in [-0.4, -0.2) is 70.8 Å². The van der Waals surface area contributed by atoms with Crippen molar-refractivity contribution in [1.29, 1.82) is 0 Å². The molecule has 0 unspecified atom stereocenters. The van der Waals surface area contributed by atoms with E-state index >= 15 is 0 Å². The molecule has 0 saturated carbocycles. The molecule has 0 spiro atoms. The van der Waals surface area contributed by atoms with Gasteiger partial charge in [-0.3, -0.25) is 9.69 Å². The molecule has 2 atom stereocenters.